The van der Waals surface area contributed by atoms with Gasteiger partial charge in [0.2, 0.25) is 23.6 Å². The summed E-state index contributed by atoms with van der Waals surface area (Å²) in [6, 6.07) is 0. The Labute approximate surface area is 386 Å². The molecule has 3 fully saturated rings. The number of Topliss-reactive ketones (excluding diaryl/α,β-unsaturated/α-hetero) is 2. The van der Waals surface area contributed by atoms with Crippen LogP contribution < -0.4 is 21.3 Å². The van der Waals surface area contributed by atoms with E-state index >= 15 is 0 Å². The fourth-order valence-electron chi connectivity index (χ4n) is 5.71. The summed E-state index contributed by atoms with van der Waals surface area (Å²) in [5.41, 5.74) is -0.952. The van der Waals surface area contributed by atoms with Gasteiger partial charge in [-0.2, -0.15) is 0 Å². The van der Waals surface area contributed by atoms with Crippen molar-refractivity contribution in [3.05, 3.63) is 0 Å². The topological polar surface area (TPSA) is 369 Å². The van der Waals surface area contributed by atoms with Gasteiger partial charge in [-0.15, -0.1) is 15.2 Å². The minimum absolute atomic E-state index is 0.0819. The Morgan fingerprint density at radius 2 is 0.691 bits per heavy atom. The first-order chi connectivity index (χ1) is 32.2. The van der Waals surface area contributed by atoms with Gasteiger partial charge in [0.25, 0.3) is 35.4 Å². The molecule has 3 rings (SSSR count). The molecule has 28 heteroatoms. The molecule has 10 amide bonds. The number of nitrogens with one attached hydrogen (secondary N) is 4. The lowest BCUT2D eigenvalue weighted by atomic mass is 9.94. The van der Waals surface area contributed by atoms with Gasteiger partial charge in [-0.3, -0.25) is 57.5 Å². The highest BCUT2D eigenvalue weighted by atomic mass is 16.7. The summed E-state index contributed by atoms with van der Waals surface area (Å²) in [6.07, 6.45) is -2.73. The van der Waals surface area contributed by atoms with Crippen molar-refractivity contribution in [2.75, 3.05) is 65.8 Å². The number of ether oxygens (including phenoxy) is 3. The van der Waals surface area contributed by atoms with Gasteiger partial charge in [0.1, 0.15) is 6.54 Å². The van der Waals surface area contributed by atoms with Gasteiger partial charge in [0.15, 0.2) is 11.6 Å². The summed E-state index contributed by atoms with van der Waals surface area (Å²) in [4.78, 5) is 193. The Hall–Kier alpha value is -7.07. The second-order valence-electron chi connectivity index (χ2n) is 15.5. The average Bonchev–Trinajstić information content (AvgIpc) is 3.92. The van der Waals surface area contributed by atoms with Crippen LogP contribution in [0.15, 0.2) is 0 Å². The zero-order valence-corrected chi connectivity index (χ0v) is 37.2. The fraction of sp³-hybridized carbons (Fsp3) is 0.625. The van der Waals surface area contributed by atoms with Crippen LogP contribution in [0.1, 0.15) is 90.4 Å². The van der Waals surface area contributed by atoms with E-state index in [0.717, 1.165) is 0 Å². The summed E-state index contributed by atoms with van der Waals surface area (Å²) in [7, 11) is 0. The highest BCUT2D eigenvalue weighted by Crippen LogP contribution is 2.20. The third kappa shape index (κ3) is 20.6. The molecule has 374 valence electrons. The second kappa shape index (κ2) is 28.2. The Balaban J connectivity index is 1.37. The predicted molar refractivity (Wildman–Crippen MR) is 216 cm³/mol. The highest BCUT2D eigenvalue weighted by molar-refractivity contribution is 6.03. The van der Waals surface area contributed by atoms with Crippen LogP contribution >= 0.6 is 0 Å². The lowest BCUT2D eigenvalue weighted by molar-refractivity contribution is -0.197. The minimum atomic E-state index is -1.08. The molecule has 3 saturated heterocycles. The molecule has 28 nitrogen and oxygen atoms in total. The quantitative estimate of drug-likeness (QED) is 0.0371. The maximum atomic E-state index is 12.4. The molecule has 3 aliphatic rings. The zero-order valence-electron chi connectivity index (χ0n) is 37.2. The molecule has 3 aliphatic heterocycles. The van der Waals surface area contributed by atoms with Gasteiger partial charge < -0.3 is 50.0 Å². The Morgan fingerprint density at radius 1 is 0.397 bits per heavy atom. The van der Waals surface area contributed by atoms with E-state index in [1.807, 2.05) is 0 Å². The Morgan fingerprint density at radius 3 is 1.03 bits per heavy atom. The highest BCUT2D eigenvalue weighted by Gasteiger charge is 2.35. The number of imide groups is 3. The van der Waals surface area contributed by atoms with Crippen molar-refractivity contribution >= 4 is 88.5 Å². The van der Waals surface area contributed by atoms with E-state index in [-0.39, 0.29) is 110 Å². The van der Waals surface area contributed by atoms with E-state index in [0.29, 0.717) is 15.2 Å². The molecule has 4 N–H and O–H groups in total. The van der Waals surface area contributed by atoms with E-state index in [4.69, 9.17) is 23.9 Å². The molecule has 0 aromatic rings. The summed E-state index contributed by atoms with van der Waals surface area (Å²) in [5.74, 6) is -10.7. The van der Waals surface area contributed by atoms with Crippen LogP contribution in [0.3, 0.4) is 0 Å². The van der Waals surface area contributed by atoms with Crippen molar-refractivity contribution in [2.45, 2.75) is 90.4 Å². The molecule has 0 saturated carbocycles. The smallest absolute Gasteiger partial charge is 0.352 e. The van der Waals surface area contributed by atoms with Crippen molar-refractivity contribution in [1.29, 1.82) is 0 Å². The van der Waals surface area contributed by atoms with Crippen molar-refractivity contribution < 1.29 is 101 Å². The third-order valence-electron chi connectivity index (χ3n) is 9.43. The number of hydrogen-bond acceptors (Lipinski definition) is 21. The van der Waals surface area contributed by atoms with Crippen LogP contribution in [0.5, 0.6) is 0 Å². The van der Waals surface area contributed by atoms with Crippen molar-refractivity contribution in [3.8, 4) is 0 Å². The van der Waals surface area contributed by atoms with Crippen molar-refractivity contribution in [2.24, 2.45) is 5.41 Å². The lowest BCUT2D eigenvalue weighted by Crippen LogP contribution is -2.41. The number of nitrogens with zero attached hydrogens (tertiary/aromatic N) is 3. The molecule has 0 bridgehead atoms. The molecule has 0 aromatic heterocycles. The number of rotatable bonds is 32. The van der Waals surface area contributed by atoms with Gasteiger partial charge >= 0.3 is 17.9 Å². The maximum absolute atomic E-state index is 12.4. The first-order valence-electron chi connectivity index (χ1n) is 21.3. The number of carbonyl (C=O) groups is 15. The van der Waals surface area contributed by atoms with Gasteiger partial charge in [-0.1, -0.05) is 6.92 Å². The summed E-state index contributed by atoms with van der Waals surface area (Å²) >= 11 is 0. The monoisotopic (exact) mass is 967 g/mol. The van der Waals surface area contributed by atoms with E-state index < -0.39 is 133 Å². The summed E-state index contributed by atoms with van der Waals surface area (Å²) in [6.45, 7) is -1.07. The third-order valence-corrected chi connectivity index (χ3v) is 9.43. The number of hydrogen-bond donors (Lipinski definition) is 4. The SMILES string of the molecule is CC(COCCC(=O)NCC(=O)CCC(=O)ON1C(=O)CCC1=O)(COCCC(=O)NCC(=O)CCC(=O)ON1C(=O)CCC1=O)COCCC(=O)NCC(=O)NCC(=O)ON1C(=O)CCC1=O. The number of hydroxylamine groups is 6. The molecule has 0 radical (unpaired) electrons. The zero-order chi connectivity index (χ0) is 50.2. The summed E-state index contributed by atoms with van der Waals surface area (Å²) < 4.78 is 17.1. The first kappa shape index (κ1) is 55.3. The molecular weight excluding hydrogens is 914 g/mol. The Bertz CT molecular complexity index is 1720. The van der Waals surface area contributed by atoms with Crippen LogP contribution in [0, 0.1) is 5.41 Å². The van der Waals surface area contributed by atoms with Crippen LogP contribution in [0.2, 0.25) is 0 Å². The van der Waals surface area contributed by atoms with Crippen molar-refractivity contribution in [1.82, 2.24) is 36.5 Å². The van der Waals surface area contributed by atoms with Crippen LogP contribution in [0.4, 0.5) is 0 Å². The molecule has 3 heterocycles. The summed E-state index contributed by atoms with van der Waals surface area (Å²) in [5, 5.41) is 10.3. The van der Waals surface area contributed by atoms with Crippen LogP contribution in [0.25, 0.3) is 0 Å². The molecule has 0 aliphatic carbocycles. The van der Waals surface area contributed by atoms with Gasteiger partial charge in [-0.05, 0) is 0 Å². The van der Waals surface area contributed by atoms with E-state index in [9.17, 15) is 71.9 Å². The lowest BCUT2D eigenvalue weighted by Gasteiger charge is -2.29. The molecule has 68 heavy (non-hydrogen) atoms. The van der Waals surface area contributed by atoms with Gasteiger partial charge in [0, 0.05) is 76.0 Å². The predicted octanol–water partition coefficient (Wildman–Crippen LogP) is -3.80. The fourth-order valence-corrected chi connectivity index (χ4v) is 5.71. The minimum Gasteiger partial charge on any atom is -0.380 e. The van der Waals surface area contributed by atoms with E-state index in [2.05, 4.69) is 26.1 Å². The molecule has 0 atom stereocenters. The number of ketones is 2. The van der Waals surface area contributed by atoms with Gasteiger partial charge in [0.05, 0.1) is 72.1 Å². The number of carbonyl (C=O) groups excluding carboxylic acids is 15. The van der Waals surface area contributed by atoms with Crippen molar-refractivity contribution in [3.63, 3.8) is 0 Å². The van der Waals surface area contributed by atoms with Gasteiger partial charge in [-0.25, -0.2) is 14.4 Å². The van der Waals surface area contributed by atoms with Crippen LogP contribution in [-0.2, 0) is 101 Å². The van der Waals surface area contributed by atoms with E-state index in [1.165, 1.54) is 0 Å². The maximum Gasteiger partial charge on any atom is 0.352 e. The molecular formula is C40H53N7O21. The van der Waals surface area contributed by atoms with Crippen LogP contribution in [-0.4, -0.2) is 170 Å². The molecule has 0 aromatic carbocycles. The average molecular weight is 968 g/mol. The van der Waals surface area contributed by atoms with E-state index in [1.54, 1.807) is 6.92 Å². The Kier molecular flexibility index (Phi) is 22.9. The molecule has 0 spiro atoms. The standard InChI is InChI=1S/C40H53N7O21/c1-40(22-63-15-12-27(50)41-18-25(48)2-10-37(60)66-45-31(54)4-5-32(45)55,23-64-16-13-28(51)42-19-26(49)3-11-38(61)67-46-33(56)6-7-34(46)57)24-65-17-14-29(52)43-20-30(53)44-21-39(62)68-47-35(58)8-9-36(47)59/h2-24H2,1H3,(H,41,50)(H,42,51)(H,43,52)(H,44,53). The number of amides is 10. The normalized spacial score (nSPS) is 14.8. The largest absolute Gasteiger partial charge is 0.380 e. The second-order valence-corrected chi connectivity index (χ2v) is 15.5. The first-order valence-corrected chi connectivity index (χ1v) is 21.3. The molecule has 0 unspecified atom stereocenters.